The van der Waals surface area contributed by atoms with Crippen molar-refractivity contribution < 1.29 is 14.5 Å². The van der Waals surface area contributed by atoms with Gasteiger partial charge in [-0.25, -0.2) is 0 Å². The van der Waals surface area contributed by atoms with Gasteiger partial charge in [0, 0.05) is 6.07 Å². The highest BCUT2D eigenvalue weighted by atomic mass is 35.5. The lowest BCUT2D eigenvalue weighted by molar-refractivity contribution is -0.385. The Bertz CT molecular complexity index is 391. The molecule has 0 atom stereocenters. The summed E-state index contributed by atoms with van der Waals surface area (Å²) in [6, 6.07) is 3.80. The van der Waals surface area contributed by atoms with Crippen molar-refractivity contribution in [2.75, 3.05) is 7.11 Å². The summed E-state index contributed by atoms with van der Waals surface area (Å²) in [7, 11) is 1.39. The summed E-state index contributed by atoms with van der Waals surface area (Å²) in [6.07, 6.45) is 0. The molecule has 1 aromatic rings. The summed E-state index contributed by atoms with van der Waals surface area (Å²) in [4.78, 5) is 20.7. The molecule has 0 aromatic heterocycles. The number of nitro benzene ring substituents is 1. The third-order valence-electron chi connectivity index (χ3n) is 1.61. The number of benzene rings is 1. The summed E-state index contributed by atoms with van der Waals surface area (Å²) < 4.78 is 4.81. The van der Waals surface area contributed by atoms with E-state index in [1.54, 1.807) is 0 Å². The number of methoxy groups -OCH3 is 1. The molecule has 0 spiro atoms. The maximum atomic E-state index is 10.8. The predicted octanol–water partition coefficient (Wildman–Crippen LogP) is 1.98. The van der Waals surface area contributed by atoms with Crippen LogP contribution in [0.1, 0.15) is 10.4 Å². The Kier molecular flexibility index (Phi) is 3.03. The van der Waals surface area contributed by atoms with E-state index in [4.69, 9.17) is 16.3 Å². The number of carbonyl (C=O) groups is 1. The minimum atomic E-state index is -0.879. The fourth-order valence-electron chi connectivity index (χ4n) is 0.959. The zero-order valence-electron chi connectivity index (χ0n) is 7.19. The average Bonchev–Trinajstić information content (AvgIpc) is 2.16. The fraction of sp³-hybridized carbons (Fsp3) is 0.125. The number of rotatable bonds is 3. The minimum Gasteiger partial charge on any atom is -0.497 e. The monoisotopic (exact) mass is 215 g/mol. The van der Waals surface area contributed by atoms with Crippen LogP contribution < -0.4 is 4.74 Å². The number of nitro groups is 1. The van der Waals surface area contributed by atoms with Crippen molar-refractivity contribution >= 4 is 22.5 Å². The molecule has 6 heteroatoms. The van der Waals surface area contributed by atoms with Crippen LogP contribution in [0.15, 0.2) is 18.2 Å². The SMILES string of the molecule is COc1ccc([N+](=O)[O-])c(C(=O)Cl)c1. The van der Waals surface area contributed by atoms with Crippen molar-refractivity contribution in [3.63, 3.8) is 0 Å². The molecule has 1 aromatic carbocycles. The average molecular weight is 216 g/mol. The second-order valence-electron chi connectivity index (χ2n) is 2.41. The molecule has 1 rings (SSSR count). The fourth-order valence-corrected chi connectivity index (χ4v) is 1.11. The lowest BCUT2D eigenvalue weighted by Crippen LogP contribution is -1.98. The zero-order chi connectivity index (χ0) is 10.7. The third-order valence-corrected chi connectivity index (χ3v) is 1.82. The first kappa shape index (κ1) is 10.5. The molecule has 5 nitrogen and oxygen atoms in total. The second-order valence-corrected chi connectivity index (χ2v) is 2.76. The number of hydrogen-bond acceptors (Lipinski definition) is 4. The highest BCUT2D eigenvalue weighted by Crippen LogP contribution is 2.25. The van der Waals surface area contributed by atoms with Crippen molar-refractivity contribution in [1.82, 2.24) is 0 Å². The molecule has 0 fully saturated rings. The predicted molar refractivity (Wildman–Crippen MR) is 49.8 cm³/mol. The molecule has 0 bridgehead atoms. The van der Waals surface area contributed by atoms with Crippen LogP contribution in [0, 0.1) is 10.1 Å². The second kappa shape index (κ2) is 4.06. The van der Waals surface area contributed by atoms with Crippen LogP contribution in [0.3, 0.4) is 0 Å². The molecule has 74 valence electrons. The van der Waals surface area contributed by atoms with E-state index in [2.05, 4.69) is 0 Å². The molecular formula is C8H6ClNO4. The molecule has 0 amide bonds. The Balaban J connectivity index is 3.31. The minimum absolute atomic E-state index is 0.170. The molecule has 0 aliphatic carbocycles. The Morgan fingerprint density at radius 1 is 1.57 bits per heavy atom. The van der Waals surface area contributed by atoms with Gasteiger partial charge in [-0.1, -0.05) is 0 Å². The Labute approximate surface area is 84.4 Å². The number of carbonyl (C=O) groups excluding carboxylic acids is 1. The van der Waals surface area contributed by atoms with Gasteiger partial charge in [-0.3, -0.25) is 14.9 Å². The van der Waals surface area contributed by atoms with E-state index in [1.807, 2.05) is 0 Å². The van der Waals surface area contributed by atoms with Crippen molar-refractivity contribution in [3.05, 3.63) is 33.9 Å². The van der Waals surface area contributed by atoms with Crippen LogP contribution in [0.2, 0.25) is 0 Å². The van der Waals surface area contributed by atoms with Crippen LogP contribution in [-0.2, 0) is 0 Å². The van der Waals surface area contributed by atoms with E-state index in [0.717, 1.165) is 0 Å². The van der Waals surface area contributed by atoms with Crippen molar-refractivity contribution in [2.24, 2.45) is 0 Å². The largest absolute Gasteiger partial charge is 0.497 e. The quantitative estimate of drug-likeness (QED) is 0.439. The van der Waals surface area contributed by atoms with E-state index in [1.165, 1.54) is 25.3 Å². The van der Waals surface area contributed by atoms with E-state index < -0.39 is 10.2 Å². The zero-order valence-corrected chi connectivity index (χ0v) is 7.95. The molecule has 0 saturated carbocycles. The van der Waals surface area contributed by atoms with E-state index in [-0.39, 0.29) is 11.3 Å². The smallest absolute Gasteiger partial charge is 0.281 e. The summed E-state index contributed by atoms with van der Waals surface area (Å²) in [5.41, 5.74) is -0.498. The van der Waals surface area contributed by atoms with Crippen LogP contribution >= 0.6 is 11.6 Å². The highest BCUT2D eigenvalue weighted by molar-refractivity contribution is 6.68. The Hall–Kier alpha value is -1.62. The van der Waals surface area contributed by atoms with Gasteiger partial charge in [-0.15, -0.1) is 0 Å². The summed E-state index contributed by atoms with van der Waals surface area (Å²) in [5.74, 6) is 0.347. The van der Waals surface area contributed by atoms with E-state index in [0.29, 0.717) is 5.75 Å². The number of halogens is 1. The number of ether oxygens (including phenoxy) is 1. The van der Waals surface area contributed by atoms with Gasteiger partial charge in [-0.2, -0.15) is 0 Å². The molecule has 0 saturated heterocycles. The standard InChI is InChI=1S/C8H6ClNO4/c1-14-5-2-3-7(10(12)13)6(4-5)8(9)11/h2-4H,1H3. The van der Waals surface area contributed by atoms with Crippen LogP contribution in [0.5, 0.6) is 5.75 Å². The van der Waals surface area contributed by atoms with Gasteiger partial charge in [0.1, 0.15) is 11.3 Å². The van der Waals surface area contributed by atoms with Gasteiger partial charge in [0.05, 0.1) is 12.0 Å². The van der Waals surface area contributed by atoms with Crippen molar-refractivity contribution in [1.29, 1.82) is 0 Å². The number of hydrogen-bond donors (Lipinski definition) is 0. The molecule has 0 unspecified atom stereocenters. The summed E-state index contributed by atoms with van der Waals surface area (Å²) in [5, 5.41) is 9.60. The van der Waals surface area contributed by atoms with Gasteiger partial charge in [0.25, 0.3) is 10.9 Å². The molecule has 0 heterocycles. The van der Waals surface area contributed by atoms with Gasteiger partial charge in [0.2, 0.25) is 0 Å². The van der Waals surface area contributed by atoms with E-state index in [9.17, 15) is 14.9 Å². The van der Waals surface area contributed by atoms with Crippen molar-refractivity contribution in [3.8, 4) is 5.75 Å². The molecule has 0 aliphatic rings. The summed E-state index contributed by atoms with van der Waals surface area (Å²) >= 11 is 5.18. The maximum Gasteiger partial charge on any atom is 0.281 e. The van der Waals surface area contributed by atoms with Crippen LogP contribution in [0.4, 0.5) is 5.69 Å². The molecule has 0 N–H and O–H groups in total. The first-order valence-electron chi connectivity index (χ1n) is 3.58. The first-order chi connectivity index (χ1) is 6.56. The van der Waals surface area contributed by atoms with Gasteiger partial charge >= 0.3 is 0 Å². The Morgan fingerprint density at radius 3 is 2.64 bits per heavy atom. The van der Waals surface area contributed by atoms with E-state index >= 15 is 0 Å². The van der Waals surface area contributed by atoms with Crippen LogP contribution in [0.25, 0.3) is 0 Å². The lowest BCUT2D eigenvalue weighted by atomic mass is 10.2. The third kappa shape index (κ3) is 2.00. The van der Waals surface area contributed by atoms with Gasteiger partial charge in [-0.05, 0) is 23.7 Å². The van der Waals surface area contributed by atoms with Gasteiger partial charge in [0.15, 0.2) is 0 Å². The first-order valence-corrected chi connectivity index (χ1v) is 3.96. The highest BCUT2D eigenvalue weighted by Gasteiger charge is 2.19. The molecular weight excluding hydrogens is 210 g/mol. The normalized spacial score (nSPS) is 9.57. The molecule has 0 aliphatic heterocycles. The molecule has 14 heavy (non-hydrogen) atoms. The maximum absolute atomic E-state index is 10.8. The Morgan fingerprint density at radius 2 is 2.21 bits per heavy atom. The van der Waals surface area contributed by atoms with Crippen LogP contribution in [-0.4, -0.2) is 17.3 Å². The lowest BCUT2D eigenvalue weighted by Gasteiger charge is -2.01. The van der Waals surface area contributed by atoms with Crippen molar-refractivity contribution in [2.45, 2.75) is 0 Å². The molecule has 0 radical (unpaired) electrons. The van der Waals surface area contributed by atoms with Gasteiger partial charge < -0.3 is 4.74 Å². The topological polar surface area (TPSA) is 69.4 Å². The number of nitrogens with zero attached hydrogens (tertiary/aromatic N) is 1. The summed E-state index contributed by atoms with van der Waals surface area (Å²) in [6.45, 7) is 0.